The molecule has 6 heteroatoms. The van der Waals surface area contributed by atoms with Crippen molar-refractivity contribution in [1.29, 1.82) is 0 Å². The number of hydrogen-bond acceptors (Lipinski definition) is 3. The van der Waals surface area contributed by atoms with Gasteiger partial charge in [0.1, 0.15) is 0 Å². The number of sulfonamides is 1. The van der Waals surface area contributed by atoms with Gasteiger partial charge in [-0.1, -0.05) is 45.2 Å². The fourth-order valence-corrected chi connectivity index (χ4v) is 4.85. The Labute approximate surface area is 157 Å². The Morgan fingerprint density at radius 1 is 1.08 bits per heavy atom. The van der Waals surface area contributed by atoms with E-state index in [2.05, 4.69) is 0 Å². The third-order valence-electron chi connectivity index (χ3n) is 5.11. The second kappa shape index (κ2) is 9.33. The van der Waals surface area contributed by atoms with Crippen LogP contribution in [0.4, 0.5) is 0 Å². The molecule has 1 aliphatic rings. The van der Waals surface area contributed by atoms with Crippen molar-refractivity contribution in [3.8, 4) is 0 Å². The molecular formula is C20H30N2O3S. The van der Waals surface area contributed by atoms with Crippen molar-refractivity contribution < 1.29 is 13.2 Å². The van der Waals surface area contributed by atoms with Gasteiger partial charge in [-0.2, -0.15) is 4.31 Å². The Hall–Kier alpha value is -1.66. The van der Waals surface area contributed by atoms with Gasteiger partial charge in [-0.25, -0.2) is 8.42 Å². The van der Waals surface area contributed by atoms with Crippen LogP contribution in [0.3, 0.4) is 0 Å². The lowest BCUT2D eigenvalue weighted by Crippen LogP contribution is -2.37. The maximum Gasteiger partial charge on any atom is 0.246 e. The number of rotatable bonds is 7. The van der Waals surface area contributed by atoms with Crippen LogP contribution < -0.4 is 0 Å². The summed E-state index contributed by atoms with van der Waals surface area (Å²) in [5.74, 6) is -0.00302. The fourth-order valence-electron chi connectivity index (χ4n) is 3.40. The number of carbonyl (C=O) groups is 1. The molecule has 1 aliphatic carbocycles. The van der Waals surface area contributed by atoms with Crippen molar-refractivity contribution in [2.24, 2.45) is 0 Å². The number of nitrogens with zero attached hydrogens (tertiary/aromatic N) is 2. The molecule has 0 saturated heterocycles. The quantitative estimate of drug-likeness (QED) is 0.682. The van der Waals surface area contributed by atoms with E-state index < -0.39 is 10.0 Å². The van der Waals surface area contributed by atoms with Gasteiger partial charge >= 0.3 is 0 Å². The Kier molecular flexibility index (Phi) is 7.41. The van der Waals surface area contributed by atoms with Crippen LogP contribution in [-0.4, -0.2) is 49.7 Å². The molecule has 0 aliphatic heterocycles. The highest BCUT2D eigenvalue weighted by Gasteiger charge is 2.22. The second-order valence-electron chi connectivity index (χ2n) is 6.73. The molecule has 0 N–H and O–H groups in total. The van der Waals surface area contributed by atoms with Crippen molar-refractivity contribution in [3.05, 3.63) is 35.9 Å². The van der Waals surface area contributed by atoms with E-state index >= 15 is 0 Å². The molecule has 0 atom stereocenters. The number of hydrogen-bond donors (Lipinski definition) is 0. The lowest BCUT2D eigenvalue weighted by Gasteiger charge is -2.30. The van der Waals surface area contributed by atoms with Crippen molar-refractivity contribution in [2.75, 3.05) is 20.1 Å². The largest absolute Gasteiger partial charge is 0.339 e. The summed E-state index contributed by atoms with van der Waals surface area (Å²) in [6.45, 7) is 4.55. The molecule has 1 aromatic rings. The second-order valence-corrected chi connectivity index (χ2v) is 8.67. The standard InChI is InChI=1S/C20H30N2O3S/c1-4-22(5-2)26(24,25)19-14-11-17(12-15-19)13-16-20(23)21(3)18-9-7-6-8-10-18/h11-16,18H,4-10H2,1-3H3/b16-13+. The van der Waals surface area contributed by atoms with Crippen LogP contribution in [0, 0.1) is 0 Å². The lowest BCUT2D eigenvalue weighted by molar-refractivity contribution is -0.127. The zero-order chi connectivity index (χ0) is 19.2. The molecule has 2 rings (SSSR count). The Morgan fingerprint density at radius 2 is 1.65 bits per heavy atom. The SMILES string of the molecule is CCN(CC)S(=O)(=O)c1ccc(/C=C/C(=O)N(C)C2CCCCC2)cc1. The van der Waals surface area contributed by atoms with E-state index in [9.17, 15) is 13.2 Å². The van der Waals surface area contributed by atoms with Crippen LogP contribution in [0.5, 0.6) is 0 Å². The van der Waals surface area contributed by atoms with Crippen LogP contribution >= 0.6 is 0 Å². The molecule has 0 aromatic heterocycles. The zero-order valence-corrected chi connectivity index (χ0v) is 16.8. The first-order valence-corrected chi connectivity index (χ1v) is 10.9. The molecule has 0 unspecified atom stereocenters. The molecular weight excluding hydrogens is 348 g/mol. The van der Waals surface area contributed by atoms with Gasteiger partial charge in [0.15, 0.2) is 0 Å². The van der Waals surface area contributed by atoms with Gasteiger partial charge in [-0.3, -0.25) is 4.79 Å². The molecule has 0 spiro atoms. The fraction of sp³-hybridized carbons (Fsp3) is 0.550. The van der Waals surface area contributed by atoms with Gasteiger partial charge in [-0.15, -0.1) is 0 Å². The Morgan fingerprint density at radius 3 is 2.19 bits per heavy atom. The molecule has 0 heterocycles. The van der Waals surface area contributed by atoms with Crippen LogP contribution in [0.1, 0.15) is 51.5 Å². The Balaban J connectivity index is 2.04. The van der Waals surface area contributed by atoms with Crippen molar-refractivity contribution in [2.45, 2.75) is 56.9 Å². The third kappa shape index (κ3) is 4.95. The molecule has 0 radical (unpaired) electrons. The van der Waals surface area contributed by atoms with Crippen molar-refractivity contribution in [3.63, 3.8) is 0 Å². The van der Waals surface area contributed by atoms with E-state index in [1.54, 1.807) is 36.4 Å². The van der Waals surface area contributed by atoms with Gasteiger partial charge in [0.2, 0.25) is 15.9 Å². The summed E-state index contributed by atoms with van der Waals surface area (Å²) < 4.78 is 26.4. The monoisotopic (exact) mass is 378 g/mol. The van der Waals surface area contributed by atoms with E-state index in [1.807, 2.05) is 25.8 Å². The van der Waals surface area contributed by atoms with Gasteiger partial charge in [0.25, 0.3) is 0 Å². The minimum atomic E-state index is -3.44. The molecule has 0 bridgehead atoms. The summed E-state index contributed by atoms with van der Waals surface area (Å²) in [7, 11) is -1.58. The summed E-state index contributed by atoms with van der Waals surface area (Å²) in [5, 5.41) is 0. The highest BCUT2D eigenvalue weighted by atomic mass is 32.2. The number of benzene rings is 1. The maximum atomic E-state index is 12.5. The summed E-state index contributed by atoms with van der Waals surface area (Å²) >= 11 is 0. The smallest absolute Gasteiger partial charge is 0.246 e. The van der Waals surface area contributed by atoms with Crippen molar-refractivity contribution >= 4 is 22.0 Å². The summed E-state index contributed by atoms with van der Waals surface area (Å²) in [6, 6.07) is 7.01. The predicted octanol–water partition coefficient (Wildman–Crippen LogP) is 3.52. The summed E-state index contributed by atoms with van der Waals surface area (Å²) in [4.78, 5) is 14.5. The maximum absolute atomic E-state index is 12.5. The first kappa shape index (κ1) is 20.6. The minimum absolute atomic E-state index is 0.00302. The normalized spacial score (nSPS) is 16.3. The van der Waals surface area contributed by atoms with E-state index in [1.165, 1.54) is 23.6 Å². The average molecular weight is 379 g/mol. The van der Waals surface area contributed by atoms with Gasteiger partial charge in [-0.05, 0) is 36.6 Å². The van der Waals surface area contributed by atoms with Crippen molar-refractivity contribution in [1.82, 2.24) is 9.21 Å². The van der Waals surface area contributed by atoms with Gasteiger partial charge in [0.05, 0.1) is 4.90 Å². The molecule has 1 aromatic carbocycles. The van der Waals surface area contributed by atoms with Crippen LogP contribution in [0.25, 0.3) is 6.08 Å². The van der Waals surface area contributed by atoms with Gasteiger partial charge < -0.3 is 4.90 Å². The number of carbonyl (C=O) groups excluding carboxylic acids is 1. The third-order valence-corrected chi connectivity index (χ3v) is 7.18. The highest BCUT2D eigenvalue weighted by Crippen LogP contribution is 2.22. The first-order chi connectivity index (χ1) is 12.4. The minimum Gasteiger partial charge on any atom is -0.339 e. The summed E-state index contributed by atoms with van der Waals surface area (Å²) in [6.07, 6.45) is 9.11. The van der Waals surface area contributed by atoms with E-state index in [4.69, 9.17) is 0 Å². The van der Waals surface area contributed by atoms with Crippen LogP contribution in [-0.2, 0) is 14.8 Å². The summed E-state index contributed by atoms with van der Waals surface area (Å²) in [5.41, 5.74) is 0.814. The van der Waals surface area contributed by atoms with E-state index in [0.717, 1.165) is 18.4 Å². The van der Waals surface area contributed by atoms with E-state index in [0.29, 0.717) is 19.1 Å². The van der Waals surface area contributed by atoms with Crippen LogP contribution in [0.15, 0.2) is 35.2 Å². The topological polar surface area (TPSA) is 57.7 Å². The Bertz CT molecular complexity index is 716. The first-order valence-electron chi connectivity index (χ1n) is 9.45. The zero-order valence-electron chi connectivity index (χ0n) is 16.0. The molecule has 26 heavy (non-hydrogen) atoms. The molecule has 1 amide bonds. The predicted molar refractivity (Wildman–Crippen MR) is 105 cm³/mol. The number of likely N-dealkylation sites (N-methyl/N-ethyl adjacent to an activating group) is 1. The lowest BCUT2D eigenvalue weighted by atomic mass is 9.94. The molecule has 1 fully saturated rings. The average Bonchev–Trinajstić information content (AvgIpc) is 2.67. The van der Waals surface area contributed by atoms with Gasteiger partial charge in [0, 0.05) is 32.3 Å². The molecule has 144 valence electrons. The number of amides is 1. The molecule has 5 nitrogen and oxygen atoms in total. The van der Waals surface area contributed by atoms with E-state index in [-0.39, 0.29) is 10.8 Å². The van der Waals surface area contributed by atoms with Crippen LogP contribution in [0.2, 0.25) is 0 Å². The highest BCUT2D eigenvalue weighted by molar-refractivity contribution is 7.89. The molecule has 1 saturated carbocycles.